The number of carbonyl (C=O) groups is 1. The molecule has 0 aliphatic carbocycles. The number of carbonyl (C=O) groups excluding carboxylic acids is 1. The van der Waals surface area contributed by atoms with Crippen molar-refractivity contribution in [2.45, 2.75) is 19.3 Å². The van der Waals surface area contributed by atoms with E-state index in [0.717, 1.165) is 13.1 Å². The number of nitriles is 1. The summed E-state index contributed by atoms with van der Waals surface area (Å²) in [6.07, 6.45) is 8.79. The maximum Gasteiger partial charge on any atom is 0.348 e. The van der Waals surface area contributed by atoms with Gasteiger partial charge in [-0.1, -0.05) is 0 Å². The van der Waals surface area contributed by atoms with E-state index in [0.29, 0.717) is 6.61 Å². The van der Waals surface area contributed by atoms with Crippen LogP contribution in [0.25, 0.3) is 0 Å². The first-order chi connectivity index (χ1) is 10.7. The lowest BCUT2D eigenvalue weighted by Gasteiger charge is -2.24. The van der Waals surface area contributed by atoms with Gasteiger partial charge in [0.1, 0.15) is 18.2 Å². The molecule has 124 valence electrons. The zero-order valence-electron chi connectivity index (χ0n) is 13.7. The molecule has 1 heterocycles. The van der Waals surface area contributed by atoms with Crippen molar-refractivity contribution in [3.05, 3.63) is 23.9 Å². The number of hydrogen-bond donors (Lipinski definition) is 0. The van der Waals surface area contributed by atoms with Gasteiger partial charge >= 0.3 is 5.97 Å². The normalized spacial score (nSPS) is 15.0. The van der Waals surface area contributed by atoms with Gasteiger partial charge in [0, 0.05) is 34.4 Å². The highest BCUT2D eigenvalue weighted by molar-refractivity contribution is 5.93. The van der Waals surface area contributed by atoms with E-state index in [1.807, 2.05) is 12.3 Å². The van der Waals surface area contributed by atoms with Crippen LogP contribution in [0.15, 0.2) is 23.9 Å². The molecule has 1 aliphatic rings. The number of likely N-dealkylation sites (tertiary alicyclic amines) is 1. The number of allylic oxidation sites excluding steroid dienone is 2. The van der Waals surface area contributed by atoms with Crippen LogP contribution in [-0.2, 0) is 19.0 Å². The first-order valence-corrected chi connectivity index (χ1v) is 7.28. The molecule has 0 N–H and O–H groups in total. The van der Waals surface area contributed by atoms with Gasteiger partial charge in [-0.3, -0.25) is 0 Å². The van der Waals surface area contributed by atoms with Crippen LogP contribution in [0.3, 0.4) is 0 Å². The fourth-order valence-electron chi connectivity index (χ4n) is 1.77. The van der Waals surface area contributed by atoms with Crippen LogP contribution in [0.4, 0.5) is 0 Å². The minimum absolute atomic E-state index is 0.00404. The third-order valence-electron chi connectivity index (χ3n) is 2.81. The van der Waals surface area contributed by atoms with E-state index >= 15 is 0 Å². The van der Waals surface area contributed by atoms with Gasteiger partial charge < -0.3 is 19.1 Å². The van der Waals surface area contributed by atoms with Crippen molar-refractivity contribution in [1.82, 2.24) is 4.90 Å². The van der Waals surface area contributed by atoms with E-state index in [4.69, 9.17) is 14.7 Å². The van der Waals surface area contributed by atoms with Gasteiger partial charge in [0.2, 0.25) is 0 Å². The molecule has 0 saturated carbocycles. The number of esters is 1. The molecule has 6 nitrogen and oxygen atoms in total. The highest BCUT2D eigenvalue weighted by Crippen LogP contribution is 2.08. The van der Waals surface area contributed by atoms with E-state index < -0.39 is 5.97 Å². The number of piperidine rings is 1. The van der Waals surface area contributed by atoms with Gasteiger partial charge in [0.25, 0.3) is 0 Å². The average molecular weight is 310 g/mol. The maximum atomic E-state index is 11.5. The molecule has 0 radical (unpaired) electrons. The van der Waals surface area contributed by atoms with E-state index in [1.165, 1.54) is 32.4 Å². The lowest BCUT2D eigenvalue weighted by atomic mass is 10.1. The molecule has 0 unspecified atom stereocenters. The zero-order chi connectivity index (χ0) is 16.6. The summed E-state index contributed by atoms with van der Waals surface area (Å²) < 4.78 is 13.9. The van der Waals surface area contributed by atoms with E-state index in [2.05, 4.69) is 9.64 Å². The van der Waals surface area contributed by atoms with Gasteiger partial charge in [-0.15, -0.1) is 0 Å². The standard InChI is InChI=1S/C14H20N2O3.C2H6O/c1-18-10-11-19-14(17)13(12-15)6-5-9-16-7-3-2-4-8-16;1-3-2/h5-6,9H,2-4,7-8,10-11H2,1H3;1-2H3/b9-5+,13-6+;. The van der Waals surface area contributed by atoms with Crippen molar-refractivity contribution in [2.75, 3.05) is 47.6 Å². The molecule has 0 aromatic carbocycles. The minimum atomic E-state index is -0.608. The highest BCUT2D eigenvalue weighted by atomic mass is 16.6. The van der Waals surface area contributed by atoms with Gasteiger partial charge in [0.05, 0.1) is 6.61 Å². The number of nitrogens with zero attached hydrogens (tertiary/aromatic N) is 2. The molecule has 0 amide bonds. The summed E-state index contributed by atoms with van der Waals surface area (Å²) in [5.74, 6) is -0.608. The number of ether oxygens (including phenoxy) is 3. The quantitative estimate of drug-likeness (QED) is 0.245. The third-order valence-corrected chi connectivity index (χ3v) is 2.81. The van der Waals surface area contributed by atoms with Gasteiger partial charge in [-0.25, -0.2) is 4.79 Å². The molecule has 0 aromatic heterocycles. The predicted octanol–water partition coefficient (Wildman–Crippen LogP) is 1.89. The van der Waals surface area contributed by atoms with Crippen LogP contribution in [0, 0.1) is 11.3 Å². The van der Waals surface area contributed by atoms with Crippen LogP contribution >= 0.6 is 0 Å². The van der Waals surface area contributed by atoms with Crippen molar-refractivity contribution in [3.63, 3.8) is 0 Å². The summed E-state index contributed by atoms with van der Waals surface area (Å²) in [6, 6.07) is 1.84. The SMILES string of the molecule is COC.COCCOC(=O)/C(C#N)=C/C=C/N1CCCCC1. The highest BCUT2D eigenvalue weighted by Gasteiger charge is 2.09. The van der Waals surface area contributed by atoms with Crippen LogP contribution < -0.4 is 0 Å². The largest absolute Gasteiger partial charge is 0.459 e. The monoisotopic (exact) mass is 310 g/mol. The Hall–Kier alpha value is -1.84. The summed E-state index contributed by atoms with van der Waals surface area (Å²) >= 11 is 0. The zero-order valence-corrected chi connectivity index (χ0v) is 13.7. The minimum Gasteiger partial charge on any atom is -0.459 e. The van der Waals surface area contributed by atoms with Gasteiger partial charge in [-0.05, 0) is 37.6 Å². The second kappa shape index (κ2) is 14.1. The van der Waals surface area contributed by atoms with Crippen LogP contribution in [-0.4, -0.2) is 58.5 Å². The number of methoxy groups -OCH3 is 2. The molecule has 0 bridgehead atoms. The molecule has 1 aliphatic heterocycles. The first kappa shape index (κ1) is 20.2. The fourth-order valence-corrected chi connectivity index (χ4v) is 1.77. The summed E-state index contributed by atoms with van der Waals surface area (Å²) in [6.45, 7) is 2.55. The summed E-state index contributed by atoms with van der Waals surface area (Å²) in [4.78, 5) is 13.7. The molecule has 0 atom stereocenters. The molecule has 1 fully saturated rings. The van der Waals surface area contributed by atoms with Crippen LogP contribution in [0.2, 0.25) is 0 Å². The molecule has 22 heavy (non-hydrogen) atoms. The maximum absolute atomic E-state index is 11.5. The van der Waals surface area contributed by atoms with Gasteiger partial charge in [0.15, 0.2) is 0 Å². The Morgan fingerprint density at radius 3 is 2.36 bits per heavy atom. The smallest absolute Gasteiger partial charge is 0.348 e. The summed E-state index contributed by atoms with van der Waals surface area (Å²) in [5.41, 5.74) is 0.00404. The Bertz CT molecular complexity index is 393. The lowest BCUT2D eigenvalue weighted by molar-refractivity contribution is -0.139. The molecular formula is C16H26N2O4. The Balaban J connectivity index is 0.00000135. The Labute approximate surface area is 132 Å². The molecule has 0 spiro atoms. The first-order valence-electron chi connectivity index (χ1n) is 7.28. The lowest BCUT2D eigenvalue weighted by Crippen LogP contribution is -2.23. The molecule has 1 saturated heterocycles. The average Bonchev–Trinajstić information content (AvgIpc) is 2.53. The fraction of sp³-hybridized carbons (Fsp3) is 0.625. The Morgan fingerprint density at radius 2 is 1.82 bits per heavy atom. The van der Waals surface area contributed by atoms with E-state index in [1.54, 1.807) is 20.3 Å². The summed E-state index contributed by atoms with van der Waals surface area (Å²) in [5, 5.41) is 8.89. The molecule has 0 aromatic rings. The van der Waals surface area contributed by atoms with Crippen molar-refractivity contribution in [1.29, 1.82) is 5.26 Å². The van der Waals surface area contributed by atoms with Crippen molar-refractivity contribution in [3.8, 4) is 6.07 Å². The molecule has 1 rings (SSSR count). The summed E-state index contributed by atoms with van der Waals surface area (Å²) in [7, 11) is 4.77. The molecular weight excluding hydrogens is 284 g/mol. The predicted molar refractivity (Wildman–Crippen MR) is 84.0 cm³/mol. The topological polar surface area (TPSA) is 71.8 Å². The second-order valence-electron chi connectivity index (χ2n) is 4.67. The second-order valence-corrected chi connectivity index (χ2v) is 4.67. The van der Waals surface area contributed by atoms with Gasteiger partial charge in [-0.2, -0.15) is 5.26 Å². The molecule has 6 heteroatoms. The van der Waals surface area contributed by atoms with Crippen LogP contribution in [0.5, 0.6) is 0 Å². The number of hydrogen-bond acceptors (Lipinski definition) is 6. The Morgan fingerprint density at radius 1 is 1.18 bits per heavy atom. The van der Waals surface area contributed by atoms with Crippen molar-refractivity contribution >= 4 is 5.97 Å². The van der Waals surface area contributed by atoms with Crippen molar-refractivity contribution < 1.29 is 19.0 Å². The van der Waals surface area contributed by atoms with Crippen LogP contribution in [0.1, 0.15) is 19.3 Å². The van der Waals surface area contributed by atoms with Crippen molar-refractivity contribution in [2.24, 2.45) is 0 Å². The number of rotatable bonds is 6. The Kier molecular flexibility index (Phi) is 12.9. The van der Waals surface area contributed by atoms with E-state index in [-0.39, 0.29) is 12.2 Å². The third kappa shape index (κ3) is 9.97. The van der Waals surface area contributed by atoms with E-state index in [9.17, 15) is 4.79 Å².